The maximum Gasteiger partial charge on any atom is 0.123 e. The predicted octanol–water partition coefficient (Wildman–Crippen LogP) is 6.79. The zero-order chi connectivity index (χ0) is 20.0. The number of rotatable bonds is 3. The van der Waals surface area contributed by atoms with E-state index in [-0.39, 0.29) is 17.6 Å². The van der Waals surface area contributed by atoms with Crippen LogP contribution in [0.3, 0.4) is 0 Å². The van der Waals surface area contributed by atoms with E-state index in [9.17, 15) is 8.78 Å². The van der Waals surface area contributed by atoms with Crippen LogP contribution in [0.5, 0.6) is 0 Å². The van der Waals surface area contributed by atoms with Crippen molar-refractivity contribution in [2.45, 2.75) is 5.92 Å². The van der Waals surface area contributed by atoms with Crippen LogP contribution in [0.2, 0.25) is 0 Å². The Morgan fingerprint density at radius 2 is 1.10 bits per heavy atom. The van der Waals surface area contributed by atoms with Gasteiger partial charge >= 0.3 is 0 Å². The molecule has 3 heteroatoms. The summed E-state index contributed by atoms with van der Waals surface area (Å²) >= 11 is 0. The van der Waals surface area contributed by atoms with E-state index in [2.05, 4.69) is 41.9 Å². The Morgan fingerprint density at radius 3 is 1.72 bits per heavy atom. The molecular formula is C26H19F2N. The lowest BCUT2D eigenvalue weighted by Crippen LogP contribution is -2.04. The number of halogens is 2. The molecule has 0 aliphatic heterocycles. The van der Waals surface area contributed by atoms with Crippen LogP contribution in [0.4, 0.5) is 8.78 Å². The summed E-state index contributed by atoms with van der Waals surface area (Å²) in [4.78, 5) is 0. The van der Waals surface area contributed by atoms with Gasteiger partial charge in [0.05, 0.1) is 0 Å². The molecule has 29 heavy (non-hydrogen) atoms. The standard InChI is InChI=1S/C26H19F2N/c1-29-24-5-3-2-4-22(24)23-16-19(10-15-25(23)29)26(17-6-11-20(27)12-7-17)18-8-13-21(28)14-9-18/h2-16,26H,1H3. The molecule has 0 saturated heterocycles. The third-order valence-electron chi connectivity index (χ3n) is 5.68. The summed E-state index contributed by atoms with van der Waals surface area (Å²) in [5.74, 6) is -0.646. The summed E-state index contributed by atoms with van der Waals surface area (Å²) in [6.07, 6.45) is 0. The van der Waals surface area contributed by atoms with Crippen molar-refractivity contribution in [1.29, 1.82) is 0 Å². The van der Waals surface area contributed by atoms with Gasteiger partial charge in [-0.1, -0.05) is 48.5 Å². The zero-order valence-corrected chi connectivity index (χ0v) is 15.9. The molecule has 0 aliphatic rings. The molecule has 0 aliphatic carbocycles. The normalized spacial score (nSPS) is 11.6. The first kappa shape index (κ1) is 17.6. The number of fused-ring (bicyclic) bond motifs is 3. The number of aryl methyl sites for hydroxylation is 1. The van der Waals surface area contributed by atoms with Crippen molar-refractivity contribution < 1.29 is 8.78 Å². The number of para-hydroxylation sites is 1. The molecule has 0 radical (unpaired) electrons. The highest BCUT2D eigenvalue weighted by molar-refractivity contribution is 6.08. The van der Waals surface area contributed by atoms with E-state index in [1.807, 2.05) is 12.1 Å². The number of hydrogen-bond donors (Lipinski definition) is 0. The van der Waals surface area contributed by atoms with Crippen molar-refractivity contribution in [3.05, 3.63) is 119 Å². The largest absolute Gasteiger partial charge is 0.344 e. The summed E-state index contributed by atoms with van der Waals surface area (Å²) in [6, 6.07) is 27.9. The molecule has 0 saturated carbocycles. The molecule has 0 unspecified atom stereocenters. The van der Waals surface area contributed by atoms with Gasteiger partial charge in [-0.25, -0.2) is 8.78 Å². The van der Waals surface area contributed by atoms with Crippen LogP contribution in [-0.2, 0) is 7.05 Å². The molecule has 1 nitrogen and oxygen atoms in total. The Labute approximate surface area is 167 Å². The average molecular weight is 383 g/mol. The summed E-state index contributed by atoms with van der Waals surface area (Å²) < 4.78 is 29.3. The van der Waals surface area contributed by atoms with E-state index in [4.69, 9.17) is 0 Å². The average Bonchev–Trinajstić information content (AvgIpc) is 3.03. The molecule has 0 N–H and O–H groups in total. The van der Waals surface area contributed by atoms with Crippen molar-refractivity contribution in [3.63, 3.8) is 0 Å². The van der Waals surface area contributed by atoms with Gasteiger partial charge in [0.1, 0.15) is 11.6 Å². The number of hydrogen-bond acceptors (Lipinski definition) is 0. The monoisotopic (exact) mass is 383 g/mol. The van der Waals surface area contributed by atoms with E-state index < -0.39 is 0 Å². The van der Waals surface area contributed by atoms with Crippen LogP contribution in [0, 0.1) is 11.6 Å². The van der Waals surface area contributed by atoms with E-state index >= 15 is 0 Å². The Hall–Kier alpha value is -3.46. The summed E-state index contributed by atoms with van der Waals surface area (Å²) in [5, 5.41) is 2.37. The van der Waals surface area contributed by atoms with Crippen molar-refractivity contribution in [1.82, 2.24) is 4.57 Å². The van der Waals surface area contributed by atoms with Gasteiger partial charge in [-0.15, -0.1) is 0 Å². The summed E-state index contributed by atoms with van der Waals surface area (Å²) in [5.41, 5.74) is 5.37. The maximum atomic E-state index is 13.5. The third kappa shape index (κ3) is 2.99. The molecule has 4 aromatic carbocycles. The minimum Gasteiger partial charge on any atom is -0.344 e. The number of nitrogens with zero attached hydrogens (tertiary/aromatic N) is 1. The van der Waals surface area contributed by atoms with E-state index in [0.29, 0.717) is 0 Å². The van der Waals surface area contributed by atoms with Gasteiger partial charge in [0.25, 0.3) is 0 Å². The lowest BCUT2D eigenvalue weighted by molar-refractivity contribution is 0.626. The fourth-order valence-corrected chi connectivity index (χ4v) is 4.25. The van der Waals surface area contributed by atoms with Gasteiger partial charge < -0.3 is 4.57 Å². The van der Waals surface area contributed by atoms with Gasteiger partial charge in [-0.2, -0.15) is 0 Å². The van der Waals surface area contributed by atoms with Crippen molar-refractivity contribution in [2.24, 2.45) is 7.05 Å². The van der Waals surface area contributed by atoms with Gasteiger partial charge in [0.2, 0.25) is 0 Å². The van der Waals surface area contributed by atoms with Gasteiger partial charge in [0, 0.05) is 34.8 Å². The second-order valence-corrected chi connectivity index (χ2v) is 7.39. The first-order valence-corrected chi connectivity index (χ1v) is 9.60. The first-order chi connectivity index (χ1) is 14.1. The summed E-state index contributed by atoms with van der Waals surface area (Å²) in [6.45, 7) is 0. The quantitative estimate of drug-likeness (QED) is 0.302. The lowest BCUT2D eigenvalue weighted by Gasteiger charge is -2.19. The number of aromatic nitrogens is 1. The molecule has 0 amide bonds. The highest BCUT2D eigenvalue weighted by Crippen LogP contribution is 2.36. The highest BCUT2D eigenvalue weighted by Gasteiger charge is 2.19. The zero-order valence-electron chi connectivity index (χ0n) is 15.9. The topological polar surface area (TPSA) is 4.93 Å². The van der Waals surface area contributed by atoms with Gasteiger partial charge in [0.15, 0.2) is 0 Å². The second kappa shape index (κ2) is 6.85. The Kier molecular flexibility index (Phi) is 4.17. The second-order valence-electron chi connectivity index (χ2n) is 7.39. The molecule has 0 spiro atoms. The fourth-order valence-electron chi connectivity index (χ4n) is 4.25. The van der Waals surface area contributed by atoms with Crippen LogP contribution in [0.25, 0.3) is 21.8 Å². The Balaban J connectivity index is 1.75. The molecule has 142 valence electrons. The van der Waals surface area contributed by atoms with Crippen molar-refractivity contribution in [3.8, 4) is 0 Å². The third-order valence-corrected chi connectivity index (χ3v) is 5.68. The van der Waals surface area contributed by atoms with Crippen LogP contribution in [0.15, 0.2) is 91.0 Å². The molecular weight excluding hydrogens is 364 g/mol. The Morgan fingerprint density at radius 1 is 0.586 bits per heavy atom. The van der Waals surface area contributed by atoms with Crippen molar-refractivity contribution >= 4 is 21.8 Å². The fraction of sp³-hybridized carbons (Fsp3) is 0.0769. The molecule has 5 aromatic rings. The minimum absolute atomic E-state index is 0.112. The SMILES string of the molecule is Cn1c2ccccc2c2cc(C(c3ccc(F)cc3)c3ccc(F)cc3)ccc21. The first-order valence-electron chi connectivity index (χ1n) is 9.60. The van der Waals surface area contributed by atoms with E-state index in [1.54, 1.807) is 24.3 Å². The van der Waals surface area contributed by atoms with E-state index in [1.165, 1.54) is 40.6 Å². The van der Waals surface area contributed by atoms with Gasteiger partial charge in [-0.05, 0) is 59.2 Å². The van der Waals surface area contributed by atoms with Crippen LogP contribution >= 0.6 is 0 Å². The number of benzene rings is 4. The minimum atomic E-state index is -0.267. The van der Waals surface area contributed by atoms with Crippen molar-refractivity contribution in [2.75, 3.05) is 0 Å². The van der Waals surface area contributed by atoms with Gasteiger partial charge in [-0.3, -0.25) is 0 Å². The molecule has 0 atom stereocenters. The van der Waals surface area contributed by atoms with E-state index in [0.717, 1.165) is 22.2 Å². The highest BCUT2D eigenvalue weighted by atomic mass is 19.1. The molecule has 5 rings (SSSR count). The van der Waals surface area contributed by atoms with Crippen LogP contribution < -0.4 is 0 Å². The van der Waals surface area contributed by atoms with Crippen LogP contribution in [0.1, 0.15) is 22.6 Å². The molecule has 0 fully saturated rings. The summed E-state index contributed by atoms with van der Waals surface area (Å²) in [7, 11) is 2.07. The Bertz CT molecular complexity index is 1270. The lowest BCUT2D eigenvalue weighted by atomic mass is 9.84. The maximum absolute atomic E-state index is 13.5. The molecule has 0 bridgehead atoms. The van der Waals surface area contributed by atoms with Crippen LogP contribution in [-0.4, -0.2) is 4.57 Å². The molecule has 1 aromatic heterocycles. The smallest absolute Gasteiger partial charge is 0.123 e. The predicted molar refractivity (Wildman–Crippen MR) is 114 cm³/mol. The molecule has 1 heterocycles.